The smallest absolute Gasteiger partial charge is 0.408 e. The Hall–Kier alpha value is -2.04. The maximum absolute atomic E-state index is 12.3. The van der Waals surface area contributed by atoms with Gasteiger partial charge in [-0.2, -0.15) is 0 Å². The number of carbonyl (C=O) groups excluding carboxylic acids is 2. The van der Waals surface area contributed by atoms with Crippen molar-refractivity contribution in [2.24, 2.45) is 0 Å². The van der Waals surface area contributed by atoms with Crippen LogP contribution in [-0.2, 0) is 4.74 Å². The van der Waals surface area contributed by atoms with Gasteiger partial charge in [0.2, 0.25) is 0 Å². The van der Waals surface area contributed by atoms with Crippen molar-refractivity contribution in [3.05, 3.63) is 29.8 Å². The predicted octanol–water partition coefficient (Wildman–Crippen LogP) is 2.79. The third-order valence-corrected chi connectivity index (χ3v) is 2.50. The second-order valence-electron chi connectivity index (χ2n) is 5.43. The van der Waals surface area contributed by atoms with Gasteiger partial charge in [0.1, 0.15) is 11.4 Å². The van der Waals surface area contributed by atoms with Crippen molar-refractivity contribution in [1.29, 1.82) is 0 Å². The summed E-state index contributed by atoms with van der Waals surface area (Å²) in [6.07, 6.45) is -0.617. The number of benzene rings is 1. The Morgan fingerprint density at radius 3 is 2.35 bits per heavy atom. The number of para-hydroxylation sites is 1. The average Bonchev–Trinajstić information content (AvgIpc) is 2.35. The molecule has 1 rings (SSSR count). The number of Topliss-reactive ketones (excluding diaryl/α,β-unsaturated/α-hetero) is 1. The first-order chi connectivity index (χ1) is 9.24. The molecule has 0 aliphatic carbocycles. The van der Waals surface area contributed by atoms with Crippen LogP contribution in [0.15, 0.2) is 24.3 Å². The van der Waals surface area contributed by atoms with Gasteiger partial charge in [0, 0.05) is 0 Å². The number of nitrogens with one attached hydrogen (secondary N) is 1. The Bertz CT molecular complexity index is 491. The summed E-state index contributed by atoms with van der Waals surface area (Å²) >= 11 is 0. The van der Waals surface area contributed by atoms with Gasteiger partial charge in [-0.25, -0.2) is 4.79 Å². The van der Waals surface area contributed by atoms with Crippen molar-refractivity contribution in [2.45, 2.75) is 39.3 Å². The molecular formula is C15H21NO4. The van der Waals surface area contributed by atoms with Crippen LogP contribution in [0.25, 0.3) is 0 Å². The minimum Gasteiger partial charge on any atom is -0.496 e. The highest BCUT2D eigenvalue weighted by atomic mass is 16.6. The fourth-order valence-corrected chi connectivity index (χ4v) is 1.63. The van der Waals surface area contributed by atoms with E-state index in [1.54, 1.807) is 52.0 Å². The van der Waals surface area contributed by atoms with Crippen LogP contribution in [0.5, 0.6) is 5.75 Å². The van der Waals surface area contributed by atoms with Crippen LogP contribution in [-0.4, -0.2) is 30.6 Å². The highest BCUT2D eigenvalue weighted by molar-refractivity contribution is 6.03. The number of amides is 1. The molecule has 0 unspecified atom stereocenters. The molecule has 1 aromatic rings. The Morgan fingerprint density at radius 2 is 1.80 bits per heavy atom. The quantitative estimate of drug-likeness (QED) is 0.861. The maximum Gasteiger partial charge on any atom is 0.408 e. The third-order valence-electron chi connectivity index (χ3n) is 2.50. The van der Waals surface area contributed by atoms with Crippen molar-refractivity contribution < 1.29 is 19.1 Å². The van der Waals surface area contributed by atoms with E-state index in [4.69, 9.17) is 9.47 Å². The number of rotatable bonds is 4. The zero-order valence-electron chi connectivity index (χ0n) is 12.5. The van der Waals surface area contributed by atoms with Gasteiger partial charge in [-0.05, 0) is 39.8 Å². The summed E-state index contributed by atoms with van der Waals surface area (Å²) in [5.41, 5.74) is -0.171. The Kier molecular flexibility index (Phi) is 5.13. The molecule has 20 heavy (non-hydrogen) atoms. The summed E-state index contributed by atoms with van der Waals surface area (Å²) in [4.78, 5) is 23.9. The van der Waals surface area contributed by atoms with Gasteiger partial charge in [-0.15, -0.1) is 0 Å². The molecule has 5 heteroatoms. The first-order valence-electron chi connectivity index (χ1n) is 6.41. The van der Waals surface area contributed by atoms with E-state index in [9.17, 15) is 9.59 Å². The molecule has 0 saturated carbocycles. The number of alkyl carbamates (subject to hydrolysis) is 1. The van der Waals surface area contributed by atoms with Gasteiger partial charge >= 0.3 is 6.09 Å². The Labute approximate surface area is 119 Å². The van der Waals surface area contributed by atoms with Gasteiger partial charge in [0.05, 0.1) is 18.7 Å². The van der Waals surface area contributed by atoms with Crippen LogP contribution in [0, 0.1) is 0 Å². The van der Waals surface area contributed by atoms with E-state index >= 15 is 0 Å². The maximum atomic E-state index is 12.3. The normalized spacial score (nSPS) is 12.4. The topological polar surface area (TPSA) is 64.6 Å². The molecule has 1 aromatic carbocycles. The highest BCUT2D eigenvalue weighted by Crippen LogP contribution is 2.19. The standard InChI is InChI=1S/C15H21NO4/c1-10(16-14(18)20-15(2,3)4)13(17)11-8-6-7-9-12(11)19-5/h6-10H,1-5H3,(H,16,18)/t10-/m0/s1. The lowest BCUT2D eigenvalue weighted by molar-refractivity contribution is 0.0496. The van der Waals surface area contributed by atoms with Crippen LogP contribution < -0.4 is 10.1 Å². The molecule has 0 aliphatic rings. The summed E-state index contributed by atoms with van der Waals surface area (Å²) in [6, 6.07) is 6.19. The fraction of sp³-hybridized carbons (Fsp3) is 0.467. The third kappa shape index (κ3) is 4.57. The number of ketones is 1. The SMILES string of the molecule is COc1ccccc1C(=O)[C@H](C)NC(=O)OC(C)(C)C. The summed E-state index contributed by atoms with van der Waals surface area (Å²) in [5, 5.41) is 2.52. The minimum atomic E-state index is -0.693. The summed E-state index contributed by atoms with van der Waals surface area (Å²) in [7, 11) is 1.50. The van der Waals surface area contributed by atoms with Gasteiger partial charge in [0.25, 0.3) is 0 Å². The minimum absolute atomic E-state index is 0.228. The van der Waals surface area contributed by atoms with Crippen LogP contribution >= 0.6 is 0 Å². The summed E-state index contributed by atoms with van der Waals surface area (Å²) in [6.45, 7) is 6.90. The van der Waals surface area contributed by atoms with Crippen molar-refractivity contribution in [3.8, 4) is 5.75 Å². The second kappa shape index (κ2) is 6.41. The van der Waals surface area contributed by atoms with Crippen molar-refractivity contribution in [2.75, 3.05) is 7.11 Å². The number of methoxy groups -OCH3 is 1. The molecule has 0 aliphatic heterocycles. The highest BCUT2D eigenvalue weighted by Gasteiger charge is 2.23. The number of hydrogen-bond donors (Lipinski definition) is 1. The lowest BCUT2D eigenvalue weighted by Crippen LogP contribution is -2.41. The summed E-state index contributed by atoms with van der Waals surface area (Å²) in [5.74, 6) is 0.253. The van der Waals surface area contributed by atoms with Crippen molar-refractivity contribution in [1.82, 2.24) is 5.32 Å². The van der Waals surface area contributed by atoms with Gasteiger partial charge in [0.15, 0.2) is 5.78 Å². The Balaban J connectivity index is 2.75. The number of carbonyl (C=O) groups is 2. The zero-order valence-corrected chi connectivity index (χ0v) is 12.5. The molecule has 0 heterocycles. The van der Waals surface area contributed by atoms with Gasteiger partial charge in [-0.3, -0.25) is 4.79 Å². The van der Waals surface area contributed by atoms with Crippen LogP contribution in [0.1, 0.15) is 38.1 Å². The molecule has 0 saturated heterocycles. The molecule has 0 bridgehead atoms. The van der Waals surface area contributed by atoms with E-state index < -0.39 is 17.7 Å². The molecule has 1 N–H and O–H groups in total. The molecule has 0 aromatic heterocycles. The van der Waals surface area contributed by atoms with Crippen LogP contribution in [0.2, 0.25) is 0 Å². The first kappa shape index (κ1) is 16.0. The lowest BCUT2D eigenvalue weighted by atomic mass is 10.0. The average molecular weight is 279 g/mol. The van der Waals surface area contributed by atoms with E-state index in [0.29, 0.717) is 11.3 Å². The second-order valence-corrected chi connectivity index (χ2v) is 5.43. The molecule has 0 fully saturated rings. The van der Waals surface area contributed by atoms with E-state index in [-0.39, 0.29) is 5.78 Å². The molecule has 1 atom stereocenters. The van der Waals surface area contributed by atoms with Crippen LogP contribution in [0.4, 0.5) is 4.79 Å². The predicted molar refractivity (Wildman–Crippen MR) is 76.2 cm³/mol. The molecule has 5 nitrogen and oxygen atoms in total. The van der Waals surface area contributed by atoms with E-state index in [1.807, 2.05) is 0 Å². The van der Waals surface area contributed by atoms with Gasteiger partial charge in [-0.1, -0.05) is 12.1 Å². The van der Waals surface area contributed by atoms with Crippen LogP contribution in [0.3, 0.4) is 0 Å². The number of hydrogen-bond acceptors (Lipinski definition) is 4. The Morgan fingerprint density at radius 1 is 1.20 bits per heavy atom. The first-order valence-corrected chi connectivity index (χ1v) is 6.41. The van der Waals surface area contributed by atoms with Gasteiger partial charge < -0.3 is 14.8 Å². The molecule has 0 radical (unpaired) electrons. The van der Waals surface area contributed by atoms with E-state index in [1.165, 1.54) is 7.11 Å². The van der Waals surface area contributed by atoms with E-state index in [2.05, 4.69) is 5.32 Å². The molecular weight excluding hydrogens is 258 g/mol. The summed E-state index contributed by atoms with van der Waals surface area (Å²) < 4.78 is 10.3. The molecule has 1 amide bonds. The lowest BCUT2D eigenvalue weighted by Gasteiger charge is -2.21. The monoisotopic (exact) mass is 279 g/mol. The molecule has 110 valence electrons. The number of ether oxygens (including phenoxy) is 2. The molecule has 0 spiro atoms. The van der Waals surface area contributed by atoms with E-state index in [0.717, 1.165) is 0 Å². The zero-order chi connectivity index (χ0) is 15.3. The largest absolute Gasteiger partial charge is 0.496 e. The van der Waals surface area contributed by atoms with Crippen molar-refractivity contribution >= 4 is 11.9 Å². The van der Waals surface area contributed by atoms with Crippen molar-refractivity contribution in [3.63, 3.8) is 0 Å². The fourth-order valence-electron chi connectivity index (χ4n) is 1.63.